The van der Waals surface area contributed by atoms with Gasteiger partial charge in [-0.15, -0.1) is 11.3 Å². The molecular formula is C24H22N4O3S2. The zero-order valence-electron chi connectivity index (χ0n) is 18.3. The van der Waals surface area contributed by atoms with E-state index in [1.54, 1.807) is 13.8 Å². The van der Waals surface area contributed by atoms with E-state index in [9.17, 15) is 15.3 Å². The number of fused-ring (bicyclic) bond motifs is 1. The van der Waals surface area contributed by atoms with Gasteiger partial charge in [-0.3, -0.25) is 0 Å². The van der Waals surface area contributed by atoms with Crippen molar-refractivity contribution in [1.82, 2.24) is 4.98 Å². The van der Waals surface area contributed by atoms with E-state index in [0.717, 1.165) is 35.4 Å². The van der Waals surface area contributed by atoms with Crippen LogP contribution >= 0.6 is 23.1 Å². The first-order valence-electron chi connectivity index (χ1n) is 10.5. The number of hydrogen-bond donors (Lipinski definition) is 1. The smallest absolute Gasteiger partial charge is 0.338 e. The molecular weight excluding hydrogens is 456 g/mol. The van der Waals surface area contributed by atoms with Gasteiger partial charge >= 0.3 is 5.97 Å². The first kappa shape index (κ1) is 22.9. The predicted octanol–water partition coefficient (Wildman–Crippen LogP) is 4.31. The van der Waals surface area contributed by atoms with Crippen LogP contribution in [0.25, 0.3) is 0 Å². The van der Waals surface area contributed by atoms with Gasteiger partial charge in [0.25, 0.3) is 0 Å². The third-order valence-corrected chi connectivity index (χ3v) is 7.29. The zero-order chi connectivity index (χ0) is 23.5. The Morgan fingerprint density at radius 2 is 2.21 bits per heavy atom. The standard InChI is InChI=1S/C24H22N4O3S2/c1-13(2)30-24(29)21-18(31-22(27)16(11-26)20(21)19-7-4-8-32-19)12-33-23-15(10-25)9-14-5-3-6-17(14)28-23/h4,7-9,13,20H,3,5-6,12,27H2,1-2H3. The Hall–Kier alpha value is -3.27. The van der Waals surface area contributed by atoms with Crippen molar-refractivity contribution >= 4 is 29.1 Å². The molecule has 1 aliphatic heterocycles. The molecule has 1 unspecified atom stereocenters. The van der Waals surface area contributed by atoms with Crippen molar-refractivity contribution in [1.29, 1.82) is 10.5 Å². The summed E-state index contributed by atoms with van der Waals surface area (Å²) in [5, 5.41) is 21.9. The van der Waals surface area contributed by atoms with Crippen molar-refractivity contribution in [3.8, 4) is 12.1 Å². The maximum Gasteiger partial charge on any atom is 0.338 e. The fourth-order valence-corrected chi connectivity index (χ4v) is 5.70. The molecule has 0 saturated heterocycles. The monoisotopic (exact) mass is 478 g/mol. The molecule has 2 N–H and O–H groups in total. The summed E-state index contributed by atoms with van der Waals surface area (Å²) in [5.74, 6) is -0.734. The van der Waals surface area contributed by atoms with Crippen molar-refractivity contribution in [2.75, 3.05) is 5.75 Å². The van der Waals surface area contributed by atoms with E-state index in [0.29, 0.717) is 16.3 Å². The number of esters is 1. The molecule has 2 aromatic rings. The number of pyridine rings is 1. The molecule has 33 heavy (non-hydrogen) atoms. The van der Waals surface area contributed by atoms with Crippen LogP contribution in [0.2, 0.25) is 0 Å². The highest BCUT2D eigenvalue weighted by atomic mass is 32.2. The van der Waals surface area contributed by atoms with Crippen LogP contribution in [0.5, 0.6) is 0 Å². The summed E-state index contributed by atoms with van der Waals surface area (Å²) in [5.41, 5.74) is 9.17. The Bertz CT molecular complexity index is 1230. The minimum Gasteiger partial charge on any atom is -0.459 e. The van der Waals surface area contributed by atoms with Gasteiger partial charge in [-0.05, 0) is 56.2 Å². The van der Waals surface area contributed by atoms with Gasteiger partial charge in [-0.25, -0.2) is 9.78 Å². The Morgan fingerprint density at radius 3 is 2.88 bits per heavy atom. The van der Waals surface area contributed by atoms with Gasteiger partial charge in [0.1, 0.15) is 28.5 Å². The van der Waals surface area contributed by atoms with Crippen LogP contribution in [0.15, 0.2) is 51.4 Å². The van der Waals surface area contributed by atoms with Gasteiger partial charge < -0.3 is 15.2 Å². The summed E-state index contributed by atoms with van der Waals surface area (Å²) in [6.45, 7) is 3.53. The van der Waals surface area contributed by atoms with Crippen LogP contribution in [0.4, 0.5) is 0 Å². The Morgan fingerprint density at radius 1 is 1.39 bits per heavy atom. The number of aryl methyl sites for hydroxylation is 2. The third-order valence-electron chi connectivity index (χ3n) is 5.36. The van der Waals surface area contributed by atoms with Crippen LogP contribution in [-0.4, -0.2) is 22.8 Å². The first-order valence-corrected chi connectivity index (χ1v) is 12.4. The van der Waals surface area contributed by atoms with Crippen LogP contribution in [0, 0.1) is 22.7 Å². The number of thioether (sulfide) groups is 1. The molecule has 2 aromatic heterocycles. The number of thiophene rings is 1. The van der Waals surface area contributed by atoms with Gasteiger partial charge in [-0.1, -0.05) is 17.8 Å². The molecule has 0 amide bonds. The molecule has 9 heteroatoms. The number of ether oxygens (including phenoxy) is 2. The highest BCUT2D eigenvalue weighted by Gasteiger charge is 2.38. The topological polar surface area (TPSA) is 122 Å². The second-order valence-electron chi connectivity index (χ2n) is 7.93. The lowest BCUT2D eigenvalue weighted by molar-refractivity contribution is -0.143. The van der Waals surface area contributed by atoms with E-state index in [2.05, 4.69) is 12.1 Å². The summed E-state index contributed by atoms with van der Waals surface area (Å²) in [7, 11) is 0. The first-order chi connectivity index (χ1) is 15.9. The van der Waals surface area contributed by atoms with E-state index >= 15 is 0 Å². The molecule has 0 fully saturated rings. The quantitative estimate of drug-likeness (QED) is 0.481. The molecule has 1 aliphatic carbocycles. The SMILES string of the molecule is CC(C)OC(=O)C1=C(CSc2nc3c(cc2C#N)CCC3)OC(N)=C(C#N)C1c1cccs1. The lowest BCUT2D eigenvalue weighted by Gasteiger charge is -2.27. The van der Waals surface area contributed by atoms with E-state index in [1.807, 2.05) is 23.6 Å². The highest BCUT2D eigenvalue weighted by molar-refractivity contribution is 7.99. The number of carbonyl (C=O) groups is 1. The van der Waals surface area contributed by atoms with Gasteiger partial charge in [0.15, 0.2) is 0 Å². The van der Waals surface area contributed by atoms with Gasteiger partial charge in [0.05, 0.1) is 28.9 Å². The number of hydrogen-bond acceptors (Lipinski definition) is 9. The number of nitriles is 2. The summed E-state index contributed by atoms with van der Waals surface area (Å²) in [6, 6.07) is 9.94. The number of carbonyl (C=O) groups excluding carboxylic acids is 1. The molecule has 1 atom stereocenters. The molecule has 4 rings (SSSR count). The second-order valence-corrected chi connectivity index (χ2v) is 9.88. The molecule has 0 radical (unpaired) electrons. The van der Waals surface area contributed by atoms with Gasteiger partial charge in [0.2, 0.25) is 5.88 Å². The molecule has 0 saturated carbocycles. The van der Waals surface area contributed by atoms with Crippen LogP contribution in [-0.2, 0) is 27.1 Å². The number of nitrogens with two attached hydrogens (primary N) is 1. The number of nitrogens with zero attached hydrogens (tertiary/aromatic N) is 3. The van der Waals surface area contributed by atoms with E-state index in [-0.39, 0.29) is 28.9 Å². The second kappa shape index (κ2) is 9.70. The summed E-state index contributed by atoms with van der Waals surface area (Å²) in [6.07, 6.45) is 2.51. The highest BCUT2D eigenvalue weighted by Crippen LogP contribution is 2.43. The van der Waals surface area contributed by atoms with Crippen LogP contribution < -0.4 is 5.73 Å². The zero-order valence-corrected chi connectivity index (χ0v) is 19.9. The molecule has 3 heterocycles. The summed E-state index contributed by atoms with van der Waals surface area (Å²) >= 11 is 2.74. The van der Waals surface area contributed by atoms with Crippen molar-refractivity contribution in [2.24, 2.45) is 5.73 Å². The maximum absolute atomic E-state index is 13.2. The Kier molecular flexibility index (Phi) is 6.73. The normalized spacial score (nSPS) is 17.4. The molecule has 0 aromatic carbocycles. The van der Waals surface area contributed by atoms with Crippen LogP contribution in [0.3, 0.4) is 0 Å². The number of rotatable bonds is 6. The van der Waals surface area contributed by atoms with Crippen molar-refractivity contribution in [3.05, 3.63) is 68.1 Å². The lowest BCUT2D eigenvalue weighted by atomic mass is 9.87. The summed E-state index contributed by atoms with van der Waals surface area (Å²) in [4.78, 5) is 18.7. The molecule has 0 spiro atoms. The lowest BCUT2D eigenvalue weighted by Crippen LogP contribution is -2.27. The Balaban J connectivity index is 1.74. The van der Waals surface area contributed by atoms with Gasteiger partial charge in [0, 0.05) is 10.6 Å². The number of allylic oxidation sites excluding steroid dienone is 1. The largest absolute Gasteiger partial charge is 0.459 e. The molecule has 7 nitrogen and oxygen atoms in total. The minimum atomic E-state index is -0.672. The third kappa shape index (κ3) is 4.61. The van der Waals surface area contributed by atoms with Crippen molar-refractivity contribution < 1.29 is 14.3 Å². The van der Waals surface area contributed by atoms with Crippen molar-refractivity contribution in [2.45, 2.75) is 50.2 Å². The molecule has 168 valence electrons. The average molecular weight is 479 g/mol. The summed E-state index contributed by atoms with van der Waals surface area (Å²) < 4.78 is 11.3. The van der Waals surface area contributed by atoms with Crippen LogP contribution in [0.1, 0.15) is 47.9 Å². The molecule has 2 aliphatic rings. The van der Waals surface area contributed by atoms with Crippen molar-refractivity contribution in [3.63, 3.8) is 0 Å². The fraction of sp³-hybridized carbons (Fsp3) is 0.333. The van der Waals surface area contributed by atoms with E-state index in [4.69, 9.17) is 20.2 Å². The maximum atomic E-state index is 13.2. The average Bonchev–Trinajstić information content (AvgIpc) is 3.47. The van der Waals surface area contributed by atoms with E-state index < -0.39 is 11.9 Å². The van der Waals surface area contributed by atoms with E-state index in [1.165, 1.54) is 23.1 Å². The Labute approximate surface area is 200 Å². The minimum absolute atomic E-state index is 0.0324. The molecule has 0 bridgehead atoms. The van der Waals surface area contributed by atoms with Gasteiger partial charge in [-0.2, -0.15) is 10.5 Å². The predicted molar refractivity (Wildman–Crippen MR) is 125 cm³/mol. The fourth-order valence-electron chi connectivity index (χ4n) is 3.94. The number of aromatic nitrogens is 1.